The first-order valence-electron chi connectivity index (χ1n) is 13.1. The first kappa shape index (κ1) is 27.2. The molecule has 4 aromatic rings. The number of hydrogen-bond donors (Lipinski definition) is 1. The summed E-state index contributed by atoms with van der Waals surface area (Å²) in [7, 11) is 1.63. The van der Waals surface area contributed by atoms with Crippen molar-refractivity contribution in [2.75, 3.05) is 12.4 Å². The second-order valence-corrected chi connectivity index (χ2v) is 12.0. The number of para-hydroxylation sites is 1. The third-order valence-corrected chi connectivity index (χ3v) is 8.91. The molecule has 0 spiro atoms. The maximum atomic E-state index is 6.31. The minimum absolute atomic E-state index is 0.272. The molecule has 6 rings (SSSR count). The zero-order valence-corrected chi connectivity index (χ0v) is 25.5. The van der Waals surface area contributed by atoms with Crippen molar-refractivity contribution in [3.05, 3.63) is 127 Å². The molecule has 3 atom stereocenters. The van der Waals surface area contributed by atoms with Crippen molar-refractivity contribution in [2.45, 2.75) is 25.0 Å². The van der Waals surface area contributed by atoms with Crippen LogP contribution in [0.3, 0.4) is 0 Å². The Morgan fingerprint density at radius 1 is 1.02 bits per heavy atom. The fourth-order valence-corrected chi connectivity index (χ4v) is 6.78. The summed E-state index contributed by atoms with van der Waals surface area (Å²) in [5.41, 5.74) is 6.58. The molecule has 0 fully saturated rings. The average Bonchev–Trinajstić information content (AvgIpc) is 3.46. The van der Waals surface area contributed by atoms with Crippen LogP contribution in [0.4, 0.5) is 11.4 Å². The summed E-state index contributed by atoms with van der Waals surface area (Å²) in [6.07, 6.45) is 7.63. The van der Waals surface area contributed by atoms with E-state index in [9.17, 15) is 0 Å². The molecule has 0 saturated heterocycles. The second kappa shape index (κ2) is 11.9. The zero-order chi connectivity index (χ0) is 27.6. The maximum Gasteiger partial charge on any atom is 0.174 e. The quantitative estimate of drug-likeness (QED) is 0.120. The number of anilines is 1. The van der Waals surface area contributed by atoms with Gasteiger partial charge in [0.05, 0.1) is 22.4 Å². The van der Waals surface area contributed by atoms with Gasteiger partial charge < -0.3 is 14.8 Å². The molecule has 202 valence electrons. The Labute approximate surface area is 258 Å². The van der Waals surface area contributed by atoms with Crippen molar-refractivity contribution in [2.24, 2.45) is 10.9 Å². The number of aliphatic imine (C=N–C) groups is 1. The molecule has 4 nitrogen and oxygen atoms in total. The SMILES string of the molecule is COc1cc(C=Nc2ccc([C@@H]3Nc4ccccc4[C@H]4C=CC[C@H]43)cc2)cc(I)c1OCc1ccc(Cl)cc1Cl. The second-order valence-electron chi connectivity index (χ2n) is 9.97. The first-order chi connectivity index (χ1) is 19.5. The van der Waals surface area contributed by atoms with Gasteiger partial charge in [0.2, 0.25) is 0 Å². The summed E-state index contributed by atoms with van der Waals surface area (Å²) in [4.78, 5) is 4.74. The lowest BCUT2D eigenvalue weighted by atomic mass is 9.77. The van der Waals surface area contributed by atoms with E-state index in [0.717, 1.165) is 26.8 Å². The van der Waals surface area contributed by atoms with Crippen molar-refractivity contribution >= 4 is 63.4 Å². The molecule has 0 bridgehead atoms. The molecular weight excluding hydrogens is 654 g/mol. The fourth-order valence-electron chi connectivity index (χ4n) is 5.53. The minimum Gasteiger partial charge on any atom is -0.493 e. The number of fused-ring (bicyclic) bond motifs is 3. The van der Waals surface area contributed by atoms with Gasteiger partial charge in [0.25, 0.3) is 0 Å². The normalized spacial score (nSPS) is 19.2. The van der Waals surface area contributed by atoms with Crippen LogP contribution in [0.1, 0.15) is 40.6 Å². The third-order valence-electron chi connectivity index (χ3n) is 7.53. The Bertz CT molecular complexity index is 1600. The Morgan fingerprint density at radius 3 is 2.65 bits per heavy atom. The first-order valence-corrected chi connectivity index (χ1v) is 14.9. The molecule has 2 aliphatic rings. The van der Waals surface area contributed by atoms with Crippen molar-refractivity contribution < 1.29 is 9.47 Å². The summed E-state index contributed by atoms with van der Waals surface area (Å²) in [6, 6.07) is 26.8. The van der Waals surface area contributed by atoms with Crippen molar-refractivity contribution in [1.29, 1.82) is 0 Å². The van der Waals surface area contributed by atoms with E-state index in [4.69, 9.17) is 37.7 Å². The molecule has 1 N–H and O–H groups in total. The van der Waals surface area contributed by atoms with Gasteiger partial charge in [-0.1, -0.05) is 71.8 Å². The molecule has 1 heterocycles. The van der Waals surface area contributed by atoms with Crippen LogP contribution in [0.25, 0.3) is 0 Å². The van der Waals surface area contributed by atoms with E-state index in [1.807, 2.05) is 24.4 Å². The topological polar surface area (TPSA) is 42.8 Å². The van der Waals surface area contributed by atoms with Crippen molar-refractivity contribution in [3.63, 3.8) is 0 Å². The van der Waals surface area contributed by atoms with Crippen LogP contribution >= 0.6 is 45.8 Å². The van der Waals surface area contributed by atoms with E-state index in [0.29, 0.717) is 40.0 Å². The number of nitrogens with one attached hydrogen (secondary N) is 1. The highest BCUT2D eigenvalue weighted by Gasteiger charge is 2.37. The molecule has 40 heavy (non-hydrogen) atoms. The van der Waals surface area contributed by atoms with Gasteiger partial charge >= 0.3 is 0 Å². The summed E-state index contributed by atoms with van der Waals surface area (Å²) in [5.74, 6) is 2.29. The van der Waals surface area contributed by atoms with E-state index >= 15 is 0 Å². The van der Waals surface area contributed by atoms with Crippen LogP contribution in [0.15, 0.2) is 96.0 Å². The number of nitrogens with zero attached hydrogens (tertiary/aromatic N) is 1. The predicted octanol–water partition coefficient (Wildman–Crippen LogP) is 9.76. The largest absolute Gasteiger partial charge is 0.493 e. The third kappa shape index (κ3) is 5.60. The van der Waals surface area contributed by atoms with Crippen LogP contribution < -0.4 is 14.8 Å². The molecule has 0 amide bonds. The van der Waals surface area contributed by atoms with Gasteiger partial charge in [-0.15, -0.1) is 0 Å². The van der Waals surface area contributed by atoms with Crippen LogP contribution in [0.2, 0.25) is 10.0 Å². The lowest BCUT2D eigenvalue weighted by molar-refractivity contribution is 0.282. The van der Waals surface area contributed by atoms with Crippen molar-refractivity contribution in [3.8, 4) is 11.5 Å². The zero-order valence-electron chi connectivity index (χ0n) is 21.8. The van der Waals surface area contributed by atoms with Gasteiger partial charge in [-0.05, 0) is 94.1 Å². The number of ether oxygens (including phenoxy) is 2. The van der Waals surface area contributed by atoms with E-state index in [2.05, 4.69) is 88.6 Å². The minimum atomic E-state index is 0.272. The van der Waals surface area contributed by atoms with E-state index in [-0.39, 0.29) is 6.04 Å². The summed E-state index contributed by atoms with van der Waals surface area (Å²) in [5, 5.41) is 4.96. The van der Waals surface area contributed by atoms with Crippen LogP contribution in [0, 0.1) is 9.49 Å². The molecule has 4 aromatic carbocycles. The van der Waals surface area contributed by atoms with Crippen LogP contribution in [-0.2, 0) is 6.61 Å². The van der Waals surface area contributed by atoms with E-state index in [1.54, 1.807) is 19.2 Å². The van der Waals surface area contributed by atoms with Gasteiger partial charge in [-0.2, -0.15) is 0 Å². The lowest BCUT2D eigenvalue weighted by Gasteiger charge is -2.37. The highest BCUT2D eigenvalue weighted by Crippen LogP contribution is 2.49. The average molecular weight is 681 g/mol. The van der Waals surface area contributed by atoms with E-state index < -0.39 is 0 Å². The number of rotatable bonds is 7. The van der Waals surface area contributed by atoms with Crippen LogP contribution in [0.5, 0.6) is 11.5 Å². The number of allylic oxidation sites excluding steroid dienone is 2. The highest BCUT2D eigenvalue weighted by molar-refractivity contribution is 14.1. The smallest absolute Gasteiger partial charge is 0.174 e. The number of halogens is 3. The van der Waals surface area contributed by atoms with Gasteiger partial charge in [0.1, 0.15) is 6.61 Å². The van der Waals surface area contributed by atoms with E-state index in [1.165, 1.54) is 16.8 Å². The predicted molar refractivity (Wildman–Crippen MR) is 173 cm³/mol. The van der Waals surface area contributed by atoms with Gasteiger partial charge in [0.15, 0.2) is 11.5 Å². The lowest BCUT2D eigenvalue weighted by Crippen LogP contribution is -2.28. The standard InChI is InChI=1S/C33H27Cl2IN2O2/c1-39-31-16-20(15-29(36)33(31)40-19-22-9-12-23(34)17-28(22)35)18-37-24-13-10-21(11-14-24)32-27-7-4-6-25(27)26-5-2-3-8-30(26)38-32/h2-6,8-18,25,27,32,38H,7,19H2,1H3/t25-,27-,32+/m1/s1. The Kier molecular flexibility index (Phi) is 8.05. The number of methoxy groups -OCH3 is 1. The van der Waals surface area contributed by atoms with Gasteiger partial charge in [0, 0.05) is 33.4 Å². The van der Waals surface area contributed by atoms with Gasteiger partial charge in [-0.3, -0.25) is 4.99 Å². The van der Waals surface area contributed by atoms with Crippen molar-refractivity contribution in [1.82, 2.24) is 0 Å². The number of hydrogen-bond acceptors (Lipinski definition) is 4. The van der Waals surface area contributed by atoms with Gasteiger partial charge in [-0.25, -0.2) is 0 Å². The Balaban J connectivity index is 1.17. The summed E-state index contributed by atoms with van der Waals surface area (Å²) in [6.45, 7) is 0.307. The Morgan fingerprint density at radius 2 is 1.85 bits per heavy atom. The molecule has 0 aromatic heterocycles. The fraction of sp³-hybridized carbons (Fsp3) is 0.182. The summed E-state index contributed by atoms with van der Waals surface area (Å²) >= 11 is 14.6. The Hall–Kier alpha value is -3.00. The molecule has 7 heteroatoms. The maximum absolute atomic E-state index is 6.31. The highest BCUT2D eigenvalue weighted by atomic mass is 127. The van der Waals surface area contributed by atoms with Crippen LogP contribution in [-0.4, -0.2) is 13.3 Å². The molecule has 1 aliphatic heterocycles. The molecule has 0 unspecified atom stereocenters. The molecule has 1 aliphatic carbocycles. The molecule has 0 radical (unpaired) electrons. The monoisotopic (exact) mass is 680 g/mol. The molecule has 0 saturated carbocycles. The number of benzene rings is 4. The molecular formula is C33H27Cl2IN2O2. The summed E-state index contributed by atoms with van der Waals surface area (Å²) < 4.78 is 12.7.